The topological polar surface area (TPSA) is 38.8 Å². The van der Waals surface area contributed by atoms with Gasteiger partial charge in [-0.2, -0.15) is 13.2 Å². The van der Waals surface area contributed by atoms with Crippen LogP contribution in [0.3, 0.4) is 0 Å². The lowest BCUT2D eigenvalue weighted by Crippen LogP contribution is -2.31. The predicted octanol–water partition coefficient (Wildman–Crippen LogP) is 6.52. The van der Waals surface area contributed by atoms with Crippen LogP contribution in [-0.2, 0) is 22.4 Å². The summed E-state index contributed by atoms with van der Waals surface area (Å²) in [7, 11) is 1.96. The third-order valence-corrected chi connectivity index (χ3v) is 6.64. The van der Waals surface area contributed by atoms with E-state index in [4.69, 9.17) is 9.47 Å². The fourth-order valence-electron chi connectivity index (χ4n) is 4.56. The highest BCUT2D eigenvalue weighted by Crippen LogP contribution is 2.34. The van der Waals surface area contributed by atoms with E-state index in [2.05, 4.69) is 4.90 Å². The average Bonchev–Trinajstić information content (AvgIpc) is 2.81. The lowest BCUT2D eigenvalue weighted by atomic mass is 9.88. The van der Waals surface area contributed by atoms with Gasteiger partial charge in [0.2, 0.25) is 0 Å². The van der Waals surface area contributed by atoms with Crippen molar-refractivity contribution in [3.05, 3.63) is 65.0 Å². The van der Waals surface area contributed by atoms with Gasteiger partial charge in [-0.05, 0) is 92.6 Å². The van der Waals surface area contributed by atoms with Crippen LogP contribution in [-0.4, -0.2) is 43.8 Å². The van der Waals surface area contributed by atoms with Gasteiger partial charge >= 0.3 is 12.1 Å². The fourth-order valence-corrected chi connectivity index (χ4v) is 4.56. The lowest BCUT2D eigenvalue weighted by Gasteiger charge is -2.29. The zero-order valence-electron chi connectivity index (χ0n) is 21.1. The van der Waals surface area contributed by atoms with E-state index in [-0.39, 0.29) is 35.5 Å². The number of halogens is 4. The van der Waals surface area contributed by atoms with Gasteiger partial charge in [0.05, 0.1) is 5.92 Å². The van der Waals surface area contributed by atoms with E-state index in [0.29, 0.717) is 25.9 Å². The molecular weight excluding hydrogens is 474 g/mol. The van der Waals surface area contributed by atoms with Gasteiger partial charge in [-0.1, -0.05) is 32.0 Å². The van der Waals surface area contributed by atoms with Crippen molar-refractivity contribution >= 4 is 5.97 Å². The average molecular weight is 510 g/mol. The number of alkyl halides is 3. The van der Waals surface area contributed by atoms with Crippen molar-refractivity contribution in [2.24, 2.45) is 11.8 Å². The number of rotatable bonds is 11. The highest BCUT2D eigenvalue weighted by molar-refractivity contribution is 5.73. The molecule has 198 valence electrons. The number of nitrogens with zero attached hydrogens (tertiary/aromatic N) is 1. The Hall–Kier alpha value is -2.61. The molecule has 0 amide bonds. The monoisotopic (exact) mass is 509 g/mol. The summed E-state index contributed by atoms with van der Waals surface area (Å²) in [6, 6.07) is 11.4. The molecule has 8 heteroatoms. The summed E-state index contributed by atoms with van der Waals surface area (Å²) in [4.78, 5) is 15.2. The van der Waals surface area contributed by atoms with E-state index in [1.54, 1.807) is 18.2 Å². The SMILES string of the molecule is CC(C)[C@H](CCN(C)CCc1cccc(OCC(F)(F)F)c1)C(=O)O[C@@H]1CCCc2cc(F)ccc21. The molecule has 1 aliphatic rings. The summed E-state index contributed by atoms with van der Waals surface area (Å²) in [5.74, 6) is -0.469. The van der Waals surface area contributed by atoms with Gasteiger partial charge < -0.3 is 14.4 Å². The molecule has 0 fully saturated rings. The van der Waals surface area contributed by atoms with Gasteiger partial charge in [0, 0.05) is 6.54 Å². The standard InChI is InChI=1S/C28H35F4NO3/c1-19(2)24(27(34)36-26-9-5-7-21-17-22(29)10-11-25(21)26)13-15-33(3)14-12-20-6-4-8-23(16-20)35-18-28(30,31)32/h4,6,8,10-11,16-17,19,24,26H,5,7,9,12-15,18H2,1-3H3/t24-,26+/m0/s1. The Morgan fingerprint density at radius 3 is 2.64 bits per heavy atom. The number of hydrogen-bond donors (Lipinski definition) is 0. The molecule has 36 heavy (non-hydrogen) atoms. The van der Waals surface area contributed by atoms with Crippen molar-refractivity contribution < 1.29 is 31.8 Å². The fraction of sp³-hybridized carbons (Fsp3) is 0.536. The molecule has 2 aromatic carbocycles. The quantitative estimate of drug-likeness (QED) is 0.255. The molecule has 0 aromatic heterocycles. The molecule has 0 bridgehead atoms. The first-order valence-electron chi connectivity index (χ1n) is 12.5. The van der Waals surface area contributed by atoms with E-state index in [0.717, 1.165) is 36.0 Å². The van der Waals surface area contributed by atoms with Crippen LogP contribution >= 0.6 is 0 Å². The molecular formula is C28H35F4NO3. The molecule has 2 atom stereocenters. The number of carbonyl (C=O) groups excluding carboxylic acids is 1. The molecule has 0 heterocycles. The van der Waals surface area contributed by atoms with E-state index in [9.17, 15) is 22.4 Å². The summed E-state index contributed by atoms with van der Waals surface area (Å²) in [6.07, 6.45) is -1.06. The van der Waals surface area contributed by atoms with Crippen molar-refractivity contribution in [2.75, 3.05) is 26.7 Å². The molecule has 3 rings (SSSR count). The molecule has 0 radical (unpaired) electrons. The molecule has 0 spiro atoms. The number of carbonyl (C=O) groups is 1. The molecule has 2 aromatic rings. The first kappa shape index (κ1) is 28.0. The van der Waals surface area contributed by atoms with Gasteiger partial charge in [-0.25, -0.2) is 4.39 Å². The Kier molecular flexibility index (Phi) is 9.77. The van der Waals surface area contributed by atoms with Gasteiger partial charge in [-0.15, -0.1) is 0 Å². The third-order valence-electron chi connectivity index (χ3n) is 6.64. The Labute approximate surface area is 210 Å². The number of likely N-dealkylation sites (N-methyl/N-ethyl adjacent to an activating group) is 1. The van der Waals surface area contributed by atoms with Crippen LogP contribution in [0.25, 0.3) is 0 Å². The molecule has 0 saturated carbocycles. The summed E-state index contributed by atoms with van der Waals surface area (Å²) in [5, 5.41) is 0. The molecule has 0 aliphatic heterocycles. The highest BCUT2D eigenvalue weighted by Gasteiger charge is 2.30. The first-order valence-corrected chi connectivity index (χ1v) is 12.5. The first-order chi connectivity index (χ1) is 17.0. The van der Waals surface area contributed by atoms with Crippen molar-refractivity contribution in [3.63, 3.8) is 0 Å². The summed E-state index contributed by atoms with van der Waals surface area (Å²) in [6.45, 7) is 4.05. The lowest BCUT2D eigenvalue weighted by molar-refractivity contribution is -0.157. The maximum Gasteiger partial charge on any atom is 0.422 e. The minimum Gasteiger partial charge on any atom is -0.484 e. The summed E-state index contributed by atoms with van der Waals surface area (Å²) < 4.78 is 61.5. The number of benzene rings is 2. The zero-order valence-corrected chi connectivity index (χ0v) is 21.1. The molecule has 4 nitrogen and oxygen atoms in total. The molecule has 0 saturated heterocycles. The minimum atomic E-state index is -4.37. The Bertz CT molecular complexity index is 1010. The van der Waals surface area contributed by atoms with Crippen LogP contribution < -0.4 is 4.74 Å². The Morgan fingerprint density at radius 2 is 1.92 bits per heavy atom. The molecule has 0 unspecified atom stereocenters. The maximum atomic E-state index is 13.6. The van der Waals surface area contributed by atoms with Gasteiger partial charge in [-0.3, -0.25) is 4.79 Å². The van der Waals surface area contributed by atoms with E-state index >= 15 is 0 Å². The van der Waals surface area contributed by atoms with E-state index in [1.807, 2.05) is 27.0 Å². The van der Waals surface area contributed by atoms with Gasteiger partial charge in [0.15, 0.2) is 6.61 Å². The molecule has 0 N–H and O–H groups in total. The summed E-state index contributed by atoms with van der Waals surface area (Å²) >= 11 is 0. The van der Waals surface area contributed by atoms with Crippen LogP contribution in [0.15, 0.2) is 42.5 Å². The maximum absolute atomic E-state index is 13.6. The zero-order chi connectivity index (χ0) is 26.3. The number of hydrogen-bond acceptors (Lipinski definition) is 4. The van der Waals surface area contributed by atoms with Crippen LogP contribution in [0.4, 0.5) is 17.6 Å². The number of fused-ring (bicyclic) bond motifs is 1. The third kappa shape index (κ3) is 8.50. The van der Waals surface area contributed by atoms with Crippen molar-refractivity contribution in [1.29, 1.82) is 0 Å². The van der Waals surface area contributed by atoms with Crippen LogP contribution in [0.2, 0.25) is 0 Å². The second-order valence-corrected chi connectivity index (χ2v) is 9.90. The van der Waals surface area contributed by atoms with Crippen molar-refractivity contribution in [2.45, 2.75) is 58.2 Å². The van der Waals surface area contributed by atoms with Crippen LogP contribution in [0, 0.1) is 17.7 Å². The molecule has 1 aliphatic carbocycles. The van der Waals surface area contributed by atoms with Crippen LogP contribution in [0.5, 0.6) is 5.75 Å². The van der Waals surface area contributed by atoms with Gasteiger partial charge in [0.1, 0.15) is 17.7 Å². The smallest absolute Gasteiger partial charge is 0.422 e. The van der Waals surface area contributed by atoms with E-state index in [1.165, 1.54) is 18.2 Å². The van der Waals surface area contributed by atoms with Crippen LogP contribution in [0.1, 0.15) is 55.9 Å². The predicted molar refractivity (Wildman–Crippen MR) is 130 cm³/mol. The largest absolute Gasteiger partial charge is 0.484 e. The Balaban J connectivity index is 1.50. The number of aryl methyl sites for hydroxylation is 1. The minimum absolute atomic E-state index is 0.102. The summed E-state index contributed by atoms with van der Waals surface area (Å²) in [5.41, 5.74) is 2.69. The highest BCUT2D eigenvalue weighted by atomic mass is 19.4. The second kappa shape index (κ2) is 12.6. The van der Waals surface area contributed by atoms with Crippen molar-refractivity contribution in [1.82, 2.24) is 4.90 Å². The normalized spacial score (nSPS) is 16.6. The van der Waals surface area contributed by atoms with Crippen molar-refractivity contribution in [3.8, 4) is 5.75 Å². The second-order valence-electron chi connectivity index (χ2n) is 9.90. The number of ether oxygens (including phenoxy) is 2. The van der Waals surface area contributed by atoms with E-state index < -0.39 is 12.8 Å². The van der Waals surface area contributed by atoms with Gasteiger partial charge in [0.25, 0.3) is 0 Å². The number of esters is 1. The Morgan fingerprint density at radius 1 is 1.14 bits per heavy atom.